The number of hydrogen-bond acceptors (Lipinski definition) is 19. The van der Waals surface area contributed by atoms with Gasteiger partial charge in [0.15, 0.2) is 24.6 Å². The first-order valence-corrected chi connectivity index (χ1v) is 23.3. The van der Waals surface area contributed by atoms with Gasteiger partial charge >= 0.3 is 5.97 Å². The molecule has 25 heteroatoms. The Labute approximate surface area is 413 Å². The van der Waals surface area contributed by atoms with Crippen LogP contribution >= 0.6 is 0 Å². The fourth-order valence-corrected chi connectivity index (χ4v) is 9.79. The van der Waals surface area contributed by atoms with Crippen molar-refractivity contribution in [2.75, 3.05) is 53.6 Å². The predicted octanol–water partition coefficient (Wildman–Crippen LogP) is -2.02. The standard InChI is InChI=1S/C47H60N6O19/c1-20(2)36(52-29(56)18-50-28(55)9-10-30(57)58)43(64)51-24(19-54)42(63)48-11-12-49-46(65)47(66)16-23-33(40(62)35-34(38(23)60)37(59)22-7-6-8-26(67-4)32(22)39(35)61)27(17-47)71-31-15-25-41(21(3)70-31)72-44-45(68-5)69-14-13-53(25)44/h6-8,20-21,24-25,27,31,36,41,44-45,54,60,62,66H,9-19H2,1-5H3,(H,48,63)(H,49,65)(H,50,55)(H,51,64)(H,52,56)(H,57,58)/t21-,24-,25-,27-,31+,36-,41+,44+,45-,47-/m0/s1/i9T/t9?,21-,24-,25-,27-,31+,36-,41+,44+,45-,47-. The number of carboxylic acid groups (broad SMARTS) is 1. The van der Waals surface area contributed by atoms with Crippen LogP contribution in [0, 0.1) is 5.92 Å². The molecule has 11 atom stereocenters. The summed E-state index contributed by atoms with van der Waals surface area (Å²) in [5.41, 5.74) is -4.20. The van der Waals surface area contributed by atoms with Crippen molar-refractivity contribution in [3.8, 4) is 17.2 Å². The maximum atomic E-state index is 14.2. The molecule has 3 saturated heterocycles. The van der Waals surface area contributed by atoms with Gasteiger partial charge in [0.2, 0.25) is 29.4 Å². The number of aliphatic hydroxyl groups is 2. The maximum Gasteiger partial charge on any atom is 0.303 e. The van der Waals surface area contributed by atoms with Crippen LogP contribution in [0.3, 0.4) is 0 Å². The summed E-state index contributed by atoms with van der Waals surface area (Å²) in [5.74, 6) is -9.80. The summed E-state index contributed by atoms with van der Waals surface area (Å²) in [7, 11) is 2.80. The van der Waals surface area contributed by atoms with Crippen LogP contribution in [0.5, 0.6) is 17.2 Å². The van der Waals surface area contributed by atoms with Gasteiger partial charge in [0.05, 0.1) is 62.2 Å². The van der Waals surface area contributed by atoms with Crippen molar-refractivity contribution in [2.24, 2.45) is 5.92 Å². The molecule has 0 radical (unpaired) electrons. The number of aliphatic carboxylic acids is 1. The van der Waals surface area contributed by atoms with Crippen LogP contribution in [0.1, 0.15) is 96.9 Å². The normalized spacial score (nSPS) is 26.8. The van der Waals surface area contributed by atoms with Crippen LogP contribution in [-0.4, -0.2) is 186 Å². The van der Waals surface area contributed by atoms with Gasteiger partial charge in [0.25, 0.3) is 5.91 Å². The monoisotopic (exact) mass is 1010 g/mol. The summed E-state index contributed by atoms with van der Waals surface area (Å²) in [6.45, 7) is 3.48. The number of aliphatic hydroxyl groups excluding tert-OH is 1. The number of methoxy groups -OCH3 is 2. The van der Waals surface area contributed by atoms with Gasteiger partial charge < -0.3 is 80.5 Å². The highest BCUT2D eigenvalue weighted by molar-refractivity contribution is 6.31. The van der Waals surface area contributed by atoms with E-state index in [1.54, 1.807) is 20.8 Å². The molecule has 0 bridgehead atoms. The third kappa shape index (κ3) is 10.7. The molecule has 7 rings (SSSR count). The quantitative estimate of drug-likeness (QED) is 0.0458. The number of fused-ring (bicyclic) bond motifs is 6. The van der Waals surface area contributed by atoms with E-state index in [4.69, 9.17) is 34.9 Å². The lowest BCUT2D eigenvalue weighted by Crippen LogP contribution is -2.58. The van der Waals surface area contributed by atoms with Crippen LogP contribution in [-0.2, 0) is 58.9 Å². The first-order valence-electron chi connectivity index (χ1n) is 23.9. The Hall–Kier alpha value is -6.32. The highest BCUT2D eigenvalue weighted by Crippen LogP contribution is 2.53. The molecular weight excluding hydrogens is 953 g/mol. The van der Waals surface area contributed by atoms with E-state index in [1.165, 1.54) is 32.4 Å². The van der Waals surface area contributed by atoms with Gasteiger partial charge in [-0.2, -0.15) is 0 Å². The third-order valence-corrected chi connectivity index (χ3v) is 13.3. The fourth-order valence-electron chi connectivity index (χ4n) is 9.79. The Balaban J connectivity index is 1.05. The summed E-state index contributed by atoms with van der Waals surface area (Å²) in [4.78, 5) is 106. The lowest BCUT2D eigenvalue weighted by molar-refractivity contribution is -0.256. The highest BCUT2D eigenvalue weighted by atomic mass is 16.7. The summed E-state index contributed by atoms with van der Waals surface area (Å²) in [6.07, 6.45) is -8.35. The van der Waals surface area contributed by atoms with Gasteiger partial charge in [0, 0.05) is 76.5 Å². The molecule has 3 fully saturated rings. The number of nitrogens with one attached hydrogen (secondary N) is 5. The summed E-state index contributed by atoms with van der Waals surface area (Å²) in [5, 5.41) is 67.0. The minimum Gasteiger partial charge on any atom is -0.507 e. The number of ether oxygens (including phenoxy) is 6. The van der Waals surface area contributed by atoms with Crippen molar-refractivity contribution < 1.29 is 93.7 Å². The second kappa shape index (κ2) is 22.2. The Kier molecular flexibility index (Phi) is 16.0. The summed E-state index contributed by atoms with van der Waals surface area (Å²) >= 11 is 0. The average molecular weight is 1020 g/mol. The number of carbonyl (C=O) groups excluding carboxylic acids is 7. The van der Waals surface area contributed by atoms with E-state index in [0.717, 1.165) is 0 Å². The van der Waals surface area contributed by atoms with Crippen molar-refractivity contribution in [3.63, 3.8) is 0 Å². The minimum atomic E-state index is -2.44. The first kappa shape index (κ1) is 52.0. The van der Waals surface area contributed by atoms with E-state index < -0.39 is 169 Å². The van der Waals surface area contributed by atoms with Crippen molar-refractivity contribution in [1.82, 2.24) is 31.5 Å². The Bertz CT molecular complexity index is 2530. The molecule has 1 unspecified atom stereocenters. The van der Waals surface area contributed by atoms with E-state index >= 15 is 0 Å². The zero-order valence-corrected chi connectivity index (χ0v) is 40.1. The number of amides is 5. The molecular formula is C47H60N6O19. The topological polar surface area (TPSA) is 356 Å². The predicted molar refractivity (Wildman–Crippen MR) is 243 cm³/mol. The average Bonchev–Trinajstić information content (AvgIpc) is 3.74. The fraction of sp³-hybridized carbons (Fsp3) is 0.574. The van der Waals surface area contributed by atoms with Crippen LogP contribution in [0.25, 0.3) is 0 Å². The molecule has 5 aliphatic rings. The van der Waals surface area contributed by atoms with E-state index in [2.05, 4.69) is 31.5 Å². The maximum absolute atomic E-state index is 14.2. The molecule has 0 spiro atoms. The zero-order chi connectivity index (χ0) is 53.2. The smallest absolute Gasteiger partial charge is 0.303 e. The van der Waals surface area contributed by atoms with E-state index in [-0.39, 0.29) is 53.6 Å². The molecule has 2 aliphatic carbocycles. The molecule has 2 aromatic rings. The number of phenolic OH excluding ortho intramolecular Hbond substituents is 2. The molecule has 0 saturated carbocycles. The van der Waals surface area contributed by atoms with Gasteiger partial charge in [-0.05, 0) is 18.9 Å². The number of phenols is 2. The number of morpholine rings is 1. The number of carbonyl (C=O) groups is 8. The second-order valence-electron chi connectivity index (χ2n) is 18.3. The van der Waals surface area contributed by atoms with Crippen molar-refractivity contribution >= 4 is 47.1 Å². The summed E-state index contributed by atoms with van der Waals surface area (Å²) in [6, 6.07) is 1.17. The van der Waals surface area contributed by atoms with Crippen molar-refractivity contribution in [1.29, 1.82) is 0 Å². The number of hydrogen-bond donors (Lipinski definition) is 10. The van der Waals surface area contributed by atoms with Crippen LogP contribution in [0.15, 0.2) is 18.2 Å². The first-order chi connectivity index (χ1) is 34.6. The number of benzene rings is 2. The molecule has 72 heavy (non-hydrogen) atoms. The Morgan fingerprint density at radius 3 is 2.35 bits per heavy atom. The minimum absolute atomic E-state index is 0.0453. The molecule has 392 valence electrons. The number of nitrogens with zero attached hydrogens (tertiary/aromatic N) is 1. The number of ketones is 2. The Morgan fingerprint density at radius 1 is 0.944 bits per heavy atom. The van der Waals surface area contributed by atoms with E-state index in [1.807, 2.05) is 0 Å². The Morgan fingerprint density at radius 2 is 1.67 bits per heavy atom. The molecule has 10 N–H and O–H groups in total. The van der Waals surface area contributed by atoms with E-state index in [9.17, 15) is 58.8 Å². The molecule has 5 amide bonds. The largest absolute Gasteiger partial charge is 0.507 e. The van der Waals surface area contributed by atoms with Gasteiger partial charge in [-0.15, -0.1) is 0 Å². The lowest BCUT2D eigenvalue weighted by Gasteiger charge is -2.43. The number of aromatic hydroxyl groups is 2. The SMILES string of the molecule is [3H]C(CC(=O)O)C(=O)NCC(=O)N[C@H](C(=O)N[C@@H](CO)C(=O)NCCNC(=O)[C@]1(O)Cc2c(O)c3c(c(O)c2[C@@H](O[C@@H]2C[C@H]4[C@H](O[C@@H]5[C@@H](OC)OCCN54)[C@H](C)O2)C1)C(=O)c1c(OC)cccc1C3=O)C(C)C. The highest BCUT2D eigenvalue weighted by Gasteiger charge is 2.55. The van der Waals surface area contributed by atoms with Gasteiger partial charge in [-0.1, -0.05) is 26.0 Å². The molecule has 25 nitrogen and oxygen atoms in total. The van der Waals surface area contributed by atoms with Crippen LogP contribution < -0.4 is 31.3 Å². The van der Waals surface area contributed by atoms with Crippen molar-refractivity contribution in [2.45, 2.75) is 114 Å². The summed E-state index contributed by atoms with van der Waals surface area (Å²) < 4.78 is 43.4. The van der Waals surface area contributed by atoms with Crippen LogP contribution in [0.4, 0.5) is 0 Å². The van der Waals surface area contributed by atoms with E-state index in [0.29, 0.717) is 13.2 Å². The molecule has 0 aromatic heterocycles. The number of rotatable bonds is 19. The van der Waals surface area contributed by atoms with Gasteiger partial charge in [0.1, 0.15) is 41.0 Å². The van der Waals surface area contributed by atoms with Gasteiger partial charge in [-0.25, -0.2) is 0 Å². The molecule has 3 aliphatic heterocycles. The van der Waals surface area contributed by atoms with Gasteiger partial charge in [-0.3, -0.25) is 43.3 Å². The molecule has 3 heterocycles. The number of carboxylic acids is 1. The zero-order valence-electron chi connectivity index (χ0n) is 41.1. The third-order valence-electron chi connectivity index (χ3n) is 13.3. The second-order valence-corrected chi connectivity index (χ2v) is 18.3. The van der Waals surface area contributed by atoms with Crippen LogP contribution in [0.2, 0.25) is 0 Å². The molecule has 2 aromatic carbocycles. The lowest BCUT2D eigenvalue weighted by atomic mass is 9.72. The van der Waals surface area contributed by atoms with Crippen molar-refractivity contribution in [3.05, 3.63) is 51.6 Å².